The number of benzene rings is 1. The van der Waals surface area contributed by atoms with Gasteiger partial charge in [-0.1, -0.05) is 38.1 Å². The zero-order chi connectivity index (χ0) is 17.7. The van der Waals surface area contributed by atoms with Crippen LogP contribution in [0.4, 0.5) is 0 Å². The molecule has 1 aromatic heterocycles. The molecule has 0 radical (unpaired) electrons. The fourth-order valence-electron chi connectivity index (χ4n) is 3.53. The van der Waals surface area contributed by atoms with E-state index in [2.05, 4.69) is 35.4 Å². The van der Waals surface area contributed by atoms with Crippen LogP contribution in [0.15, 0.2) is 41.5 Å². The minimum atomic E-state index is -0.317. The summed E-state index contributed by atoms with van der Waals surface area (Å²) in [6.45, 7) is 5.80. The summed E-state index contributed by atoms with van der Waals surface area (Å²) >= 11 is 0. The van der Waals surface area contributed by atoms with Gasteiger partial charge in [0.15, 0.2) is 0 Å². The maximum Gasteiger partial charge on any atom is 0.128 e. The monoisotopic (exact) mass is 339 g/mol. The van der Waals surface area contributed by atoms with Crippen LogP contribution in [0.5, 0.6) is 0 Å². The highest BCUT2D eigenvalue weighted by atomic mass is 16.6. The molecule has 0 bridgehead atoms. The number of hydrogen-bond acceptors (Lipinski definition) is 5. The largest absolute Gasteiger partial charge is 0.303 e. The fraction of sp³-hybridized carbons (Fsp3) is 0.450. The molecule has 5 heteroatoms. The van der Waals surface area contributed by atoms with Crippen molar-refractivity contribution in [1.82, 2.24) is 10.5 Å². The first-order valence-electron chi connectivity index (χ1n) is 8.78. The van der Waals surface area contributed by atoms with Gasteiger partial charge in [0, 0.05) is 23.7 Å². The van der Waals surface area contributed by atoms with Gasteiger partial charge in [0.25, 0.3) is 0 Å². The van der Waals surface area contributed by atoms with E-state index in [-0.39, 0.29) is 5.41 Å². The molecule has 0 saturated heterocycles. The summed E-state index contributed by atoms with van der Waals surface area (Å²) in [5, 5.41) is 2.25. The standard InChI is InChI=1S/C20H25N3O2/c1-15(2)9-20(14-24)10-17(22-13-20)11-23-25-12-19-18-6-4-3-5-16(18)7-8-21-19/h3-8,14-15,23H,9-13H2,1-2H3. The van der Waals surface area contributed by atoms with Crippen molar-refractivity contribution in [3.05, 3.63) is 42.2 Å². The van der Waals surface area contributed by atoms with E-state index >= 15 is 0 Å². The number of carbonyl (C=O) groups is 1. The number of aldehydes is 1. The Morgan fingerprint density at radius 3 is 2.96 bits per heavy atom. The molecule has 1 N–H and O–H groups in total. The second kappa shape index (κ2) is 7.85. The molecule has 0 amide bonds. The molecule has 0 saturated carbocycles. The molecule has 132 valence electrons. The number of carbonyl (C=O) groups excluding carboxylic acids is 1. The summed E-state index contributed by atoms with van der Waals surface area (Å²) in [7, 11) is 0. The third kappa shape index (κ3) is 4.30. The van der Waals surface area contributed by atoms with E-state index in [1.54, 1.807) is 6.20 Å². The number of pyridine rings is 1. The zero-order valence-corrected chi connectivity index (χ0v) is 14.9. The summed E-state index contributed by atoms with van der Waals surface area (Å²) < 4.78 is 0. The van der Waals surface area contributed by atoms with Crippen molar-refractivity contribution in [3.63, 3.8) is 0 Å². The number of nitrogens with one attached hydrogen (secondary N) is 1. The van der Waals surface area contributed by atoms with Crippen LogP contribution in [0, 0.1) is 11.3 Å². The van der Waals surface area contributed by atoms with Gasteiger partial charge in [0.2, 0.25) is 0 Å². The van der Waals surface area contributed by atoms with Gasteiger partial charge in [-0.3, -0.25) is 14.8 Å². The number of hydroxylamine groups is 1. The van der Waals surface area contributed by atoms with Crippen LogP contribution in [0.25, 0.3) is 10.8 Å². The van der Waals surface area contributed by atoms with Crippen molar-refractivity contribution in [2.45, 2.75) is 33.3 Å². The number of rotatable bonds is 8. The predicted octanol–water partition coefficient (Wildman–Crippen LogP) is 3.33. The molecular weight excluding hydrogens is 314 g/mol. The number of aromatic nitrogens is 1. The average Bonchev–Trinajstić information content (AvgIpc) is 3.01. The third-order valence-electron chi connectivity index (χ3n) is 4.58. The Hall–Kier alpha value is -2.11. The highest BCUT2D eigenvalue weighted by molar-refractivity contribution is 5.91. The third-order valence-corrected chi connectivity index (χ3v) is 4.58. The van der Waals surface area contributed by atoms with Crippen molar-refractivity contribution in [1.29, 1.82) is 0 Å². The SMILES string of the molecule is CC(C)CC1(C=O)CN=C(CNOCc2nccc3ccccc23)C1. The van der Waals surface area contributed by atoms with Crippen LogP contribution in [0.1, 0.15) is 32.4 Å². The minimum Gasteiger partial charge on any atom is -0.303 e. The predicted molar refractivity (Wildman–Crippen MR) is 99.4 cm³/mol. The van der Waals surface area contributed by atoms with Crippen molar-refractivity contribution < 1.29 is 9.63 Å². The fourth-order valence-corrected chi connectivity index (χ4v) is 3.53. The Bertz CT molecular complexity index is 767. The smallest absolute Gasteiger partial charge is 0.128 e. The van der Waals surface area contributed by atoms with Crippen LogP contribution >= 0.6 is 0 Å². The zero-order valence-electron chi connectivity index (χ0n) is 14.9. The summed E-state index contributed by atoms with van der Waals surface area (Å²) in [4.78, 5) is 26.0. The number of aliphatic imine (C=N–C) groups is 1. The number of fused-ring (bicyclic) bond motifs is 1. The first-order valence-corrected chi connectivity index (χ1v) is 8.78. The number of hydrogen-bond donors (Lipinski definition) is 1. The van der Waals surface area contributed by atoms with Gasteiger partial charge in [0.05, 0.1) is 24.2 Å². The Kier molecular flexibility index (Phi) is 5.56. The van der Waals surface area contributed by atoms with Gasteiger partial charge in [-0.05, 0) is 23.8 Å². The van der Waals surface area contributed by atoms with Gasteiger partial charge in [-0.15, -0.1) is 0 Å². The lowest BCUT2D eigenvalue weighted by molar-refractivity contribution is -0.115. The molecule has 1 unspecified atom stereocenters. The second-order valence-electron chi connectivity index (χ2n) is 7.23. The van der Waals surface area contributed by atoms with Crippen molar-refractivity contribution >= 4 is 22.8 Å². The first kappa shape index (κ1) is 17.7. The lowest BCUT2D eigenvalue weighted by Gasteiger charge is -2.23. The molecule has 1 aromatic carbocycles. The molecule has 2 heterocycles. The van der Waals surface area contributed by atoms with Crippen LogP contribution in [-0.4, -0.2) is 30.1 Å². The van der Waals surface area contributed by atoms with Crippen LogP contribution < -0.4 is 5.48 Å². The lowest BCUT2D eigenvalue weighted by atomic mass is 9.79. The molecule has 2 aromatic rings. The molecule has 1 atom stereocenters. The lowest BCUT2D eigenvalue weighted by Crippen LogP contribution is -2.29. The maximum absolute atomic E-state index is 11.5. The Balaban J connectivity index is 1.50. The summed E-state index contributed by atoms with van der Waals surface area (Å²) in [5.74, 6) is 0.487. The van der Waals surface area contributed by atoms with E-state index in [1.807, 2.05) is 24.3 Å². The van der Waals surface area contributed by atoms with E-state index in [0.29, 0.717) is 25.6 Å². The Morgan fingerprint density at radius 2 is 2.16 bits per heavy atom. The van der Waals surface area contributed by atoms with E-state index in [1.165, 1.54) is 0 Å². The number of nitrogens with zero attached hydrogens (tertiary/aromatic N) is 2. The van der Waals surface area contributed by atoms with Crippen molar-refractivity contribution in [3.8, 4) is 0 Å². The Labute approximate surface area is 148 Å². The molecule has 1 aliphatic heterocycles. The quantitative estimate of drug-likeness (QED) is 0.455. The van der Waals surface area contributed by atoms with Gasteiger partial charge < -0.3 is 4.79 Å². The van der Waals surface area contributed by atoms with Gasteiger partial charge in [0.1, 0.15) is 12.9 Å². The summed E-state index contributed by atoms with van der Waals surface area (Å²) in [5.41, 5.74) is 4.55. The second-order valence-corrected chi connectivity index (χ2v) is 7.23. The van der Waals surface area contributed by atoms with E-state index in [9.17, 15) is 4.79 Å². The van der Waals surface area contributed by atoms with Gasteiger partial charge in [-0.25, -0.2) is 0 Å². The molecule has 0 fully saturated rings. The van der Waals surface area contributed by atoms with Crippen molar-refractivity contribution in [2.75, 3.05) is 13.1 Å². The maximum atomic E-state index is 11.5. The first-order chi connectivity index (χ1) is 12.1. The molecule has 5 nitrogen and oxygen atoms in total. The summed E-state index contributed by atoms with van der Waals surface area (Å²) in [6.07, 6.45) is 4.48. The van der Waals surface area contributed by atoms with Gasteiger partial charge >= 0.3 is 0 Å². The molecule has 25 heavy (non-hydrogen) atoms. The van der Waals surface area contributed by atoms with Gasteiger partial charge in [-0.2, -0.15) is 5.48 Å². The van der Waals surface area contributed by atoms with E-state index in [0.717, 1.165) is 41.3 Å². The molecule has 0 aliphatic carbocycles. The van der Waals surface area contributed by atoms with Crippen LogP contribution in [0.2, 0.25) is 0 Å². The van der Waals surface area contributed by atoms with E-state index in [4.69, 9.17) is 4.84 Å². The van der Waals surface area contributed by atoms with E-state index < -0.39 is 0 Å². The van der Waals surface area contributed by atoms with Crippen LogP contribution in [-0.2, 0) is 16.2 Å². The normalized spacial score (nSPS) is 20.2. The Morgan fingerprint density at radius 1 is 1.32 bits per heavy atom. The molecule has 0 spiro atoms. The molecule has 1 aliphatic rings. The highest BCUT2D eigenvalue weighted by Crippen LogP contribution is 2.33. The highest BCUT2D eigenvalue weighted by Gasteiger charge is 2.36. The molecular formula is C20H25N3O2. The summed E-state index contributed by atoms with van der Waals surface area (Å²) in [6, 6.07) is 10.1. The van der Waals surface area contributed by atoms with Crippen LogP contribution in [0.3, 0.4) is 0 Å². The van der Waals surface area contributed by atoms with Crippen molar-refractivity contribution in [2.24, 2.45) is 16.3 Å². The molecule has 3 rings (SSSR count). The average molecular weight is 339 g/mol. The minimum absolute atomic E-state index is 0.317. The topological polar surface area (TPSA) is 63.6 Å².